The number of hydrogen-bond donors (Lipinski definition) is 1. The van der Waals surface area contributed by atoms with E-state index in [0.29, 0.717) is 18.9 Å². The Kier molecular flexibility index (Phi) is 4.52. The van der Waals surface area contributed by atoms with Gasteiger partial charge in [-0.15, -0.1) is 5.10 Å². The summed E-state index contributed by atoms with van der Waals surface area (Å²) < 4.78 is 20.5. The maximum absolute atomic E-state index is 13.2. The zero-order chi connectivity index (χ0) is 16.1. The van der Waals surface area contributed by atoms with Crippen molar-refractivity contribution in [2.75, 3.05) is 12.0 Å². The average Bonchev–Trinajstić information content (AvgIpc) is 2.97. The Morgan fingerprint density at radius 3 is 3.17 bits per heavy atom. The van der Waals surface area contributed by atoms with Crippen molar-refractivity contribution in [1.82, 2.24) is 9.78 Å². The van der Waals surface area contributed by atoms with Crippen LogP contribution < -0.4 is 5.43 Å². The smallest absolute Gasteiger partial charge is 0.238 e. The van der Waals surface area contributed by atoms with Crippen molar-refractivity contribution in [3.05, 3.63) is 71.8 Å². The van der Waals surface area contributed by atoms with Crippen molar-refractivity contribution in [3.8, 4) is 0 Å². The zero-order valence-electron chi connectivity index (χ0n) is 12.7. The number of rotatable bonds is 4. The number of halogens is 1. The van der Waals surface area contributed by atoms with Gasteiger partial charge in [0.1, 0.15) is 12.4 Å². The van der Waals surface area contributed by atoms with E-state index in [0.717, 1.165) is 16.8 Å². The number of anilines is 1. The second-order valence-electron chi connectivity index (χ2n) is 5.14. The molecule has 0 unspecified atom stereocenters. The van der Waals surface area contributed by atoms with Crippen LogP contribution in [0.25, 0.3) is 0 Å². The first-order valence-corrected chi connectivity index (χ1v) is 7.27. The molecule has 3 rings (SSSR count). The predicted octanol–water partition coefficient (Wildman–Crippen LogP) is 3.04. The third-order valence-corrected chi connectivity index (χ3v) is 3.30. The number of hydrazone groups is 1. The van der Waals surface area contributed by atoms with Crippen molar-refractivity contribution in [2.24, 2.45) is 12.1 Å². The van der Waals surface area contributed by atoms with E-state index in [1.165, 1.54) is 12.1 Å². The molecule has 1 aromatic heterocycles. The maximum atomic E-state index is 13.2. The molecule has 1 N–H and O–H groups in total. The molecule has 0 fully saturated rings. The molecule has 0 amide bonds. The summed E-state index contributed by atoms with van der Waals surface area (Å²) in [4.78, 5) is 0. The van der Waals surface area contributed by atoms with Gasteiger partial charge in [-0.25, -0.2) is 4.39 Å². The van der Waals surface area contributed by atoms with Gasteiger partial charge in [0, 0.05) is 18.8 Å². The van der Waals surface area contributed by atoms with Crippen LogP contribution in [-0.4, -0.2) is 22.3 Å². The van der Waals surface area contributed by atoms with E-state index in [4.69, 9.17) is 4.74 Å². The minimum absolute atomic E-state index is 0.233. The van der Waals surface area contributed by atoms with Crippen molar-refractivity contribution in [2.45, 2.75) is 6.42 Å². The van der Waals surface area contributed by atoms with Gasteiger partial charge < -0.3 is 4.74 Å². The molecule has 0 saturated carbocycles. The second kappa shape index (κ2) is 6.91. The fourth-order valence-corrected chi connectivity index (χ4v) is 2.19. The lowest BCUT2D eigenvalue weighted by Gasteiger charge is -2.13. The fourth-order valence-electron chi connectivity index (χ4n) is 2.19. The molecule has 2 heterocycles. The highest BCUT2D eigenvalue weighted by atomic mass is 19.1. The number of benzene rings is 1. The van der Waals surface area contributed by atoms with Gasteiger partial charge in [0.15, 0.2) is 0 Å². The Hall–Kier alpha value is -2.89. The summed E-state index contributed by atoms with van der Waals surface area (Å²) in [6.07, 6.45) is 9.94. The molecular formula is C17H17FN4O. The van der Waals surface area contributed by atoms with Gasteiger partial charge in [-0.2, -0.15) is 5.10 Å². The molecule has 1 aliphatic heterocycles. The molecule has 6 heteroatoms. The minimum atomic E-state index is -0.233. The largest absolute Gasteiger partial charge is 0.472 e. The van der Waals surface area contributed by atoms with Crippen molar-refractivity contribution in [1.29, 1.82) is 0 Å². The summed E-state index contributed by atoms with van der Waals surface area (Å²) in [5.41, 5.74) is 5.45. The lowest BCUT2D eigenvalue weighted by molar-refractivity contribution is 0.345. The molecule has 0 atom stereocenters. The van der Waals surface area contributed by atoms with E-state index in [1.54, 1.807) is 16.9 Å². The Labute approximate surface area is 133 Å². The fraction of sp³-hybridized carbons (Fsp3) is 0.176. The Morgan fingerprint density at radius 1 is 1.48 bits per heavy atom. The first-order chi connectivity index (χ1) is 11.2. The Bertz CT molecular complexity index is 776. The highest BCUT2D eigenvalue weighted by Crippen LogP contribution is 2.13. The predicted molar refractivity (Wildman–Crippen MR) is 87.5 cm³/mol. The van der Waals surface area contributed by atoms with Gasteiger partial charge in [0.2, 0.25) is 5.90 Å². The van der Waals surface area contributed by atoms with E-state index in [1.807, 2.05) is 37.5 Å². The molecular weight excluding hydrogens is 295 g/mol. The summed E-state index contributed by atoms with van der Waals surface area (Å²) >= 11 is 0. The number of allylic oxidation sites excluding steroid dienone is 1. The third kappa shape index (κ3) is 4.06. The van der Waals surface area contributed by atoms with Crippen LogP contribution >= 0.6 is 0 Å². The number of nitrogens with zero attached hydrogens (tertiary/aromatic N) is 3. The monoisotopic (exact) mass is 312 g/mol. The van der Waals surface area contributed by atoms with Gasteiger partial charge in [-0.05, 0) is 30.2 Å². The van der Waals surface area contributed by atoms with Crippen molar-refractivity contribution in [3.63, 3.8) is 0 Å². The van der Waals surface area contributed by atoms with Gasteiger partial charge in [-0.3, -0.25) is 10.1 Å². The summed E-state index contributed by atoms with van der Waals surface area (Å²) in [5.74, 6) is 0.274. The lowest BCUT2D eigenvalue weighted by atomic mass is 10.1. The summed E-state index contributed by atoms with van der Waals surface area (Å²) in [6.45, 7) is 0.477. The second-order valence-corrected chi connectivity index (χ2v) is 5.14. The quantitative estimate of drug-likeness (QED) is 0.883. The molecule has 2 aromatic rings. The Morgan fingerprint density at radius 2 is 2.39 bits per heavy atom. The van der Waals surface area contributed by atoms with Crippen LogP contribution in [0.15, 0.2) is 65.6 Å². The first-order valence-electron chi connectivity index (χ1n) is 7.27. The molecule has 0 bridgehead atoms. The third-order valence-electron chi connectivity index (χ3n) is 3.30. The molecule has 5 nitrogen and oxygen atoms in total. The van der Waals surface area contributed by atoms with E-state index >= 15 is 0 Å². The number of hydrogen-bond acceptors (Lipinski definition) is 4. The van der Waals surface area contributed by atoms with Crippen LogP contribution in [-0.2, 0) is 18.2 Å². The van der Waals surface area contributed by atoms with E-state index in [-0.39, 0.29) is 5.82 Å². The van der Waals surface area contributed by atoms with Crippen LogP contribution in [0.2, 0.25) is 0 Å². The highest BCUT2D eigenvalue weighted by molar-refractivity contribution is 5.97. The van der Waals surface area contributed by atoms with Crippen molar-refractivity contribution < 1.29 is 9.13 Å². The van der Waals surface area contributed by atoms with Gasteiger partial charge in [0.05, 0.1) is 11.9 Å². The summed E-state index contributed by atoms with van der Waals surface area (Å²) in [7, 11) is 1.84. The van der Waals surface area contributed by atoms with E-state index in [2.05, 4.69) is 15.6 Å². The minimum Gasteiger partial charge on any atom is -0.472 e. The maximum Gasteiger partial charge on any atom is 0.238 e. The highest BCUT2D eigenvalue weighted by Gasteiger charge is 2.10. The van der Waals surface area contributed by atoms with Gasteiger partial charge in [0.25, 0.3) is 0 Å². The number of ether oxygens (including phenoxy) is 1. The first kappa shape index (κ1) is 15.0. The van der Waals surface area contributed by atoms with Crippen LogP contribution in [0, 0.1) is 5.82 Å². The Balaban J connectivity index is 1.74. The summed E-state index contributed by atoms with van der Waals surface area (Å²) in [5, 5.41) is 8.34. The lowest BCUT2D eigenvalue weighted by Crippen LogP contribution is -2.14. The normalized spacial score (nSPS) is 17.5. The standard InChI is InChI=1S/C17H17FN4O/c1-22-12-16(11-19-22)20-21-17-14(5-3-9-23-17)8-7-13-4-2-6-15(18)10-13/h2-6,8,10-12,20H,7,9H2,1H3. The van der Waals surface area contributed by atoms with Crippen LogP contribution in [0.5, 0.6) is 0 Å². The summed E-state index contributed by atoms with van der Waals surface area (Å²) in [6, 6.07) is 6.55. The molecule has 1 aliphatic rings. The molecule has 1 aromatic carbocycles. The van der Waals surface area contributed by atoms with Gasteiger partial charge >= 0.3 is 0 Å². The number of aryl methyl sites for hydroxylation is 1. The van der Waals surface area contributed by atoms with Gasteiger partial charge in [-0.1, -0.05) is 24.3 Å². The number of aromatic nitrogens is 2. The molecule has 0 radical (unpaired) electrons. The van der Waals surface area contributed by atoms with Crippen LogP contribution in [0.1, 0.15) is 5.56 Å². The molecule has 0 spiro atoms. The van der Waals surface area contributed by atoms with E-state index < -0.39 is 0 Å². The number of nitrogens with one attached hydrogen (secondary N) is 1. The molecule has 118 valence electrons. The van der Waals surface area contributed by atoms with Crippen molar-refractivity contribution >= 4 is 11.6 Å². The average molecular weight is 312 g/mol. The van der Waals surface area contributed by atoms with Crippen LogP contribution in [0.3, 0.4) is 0 Å². The SMILES string of the molecule is Cn1cc(NN=C2OCC=CC2=CCc2cccc(F)c2)cn1. The zero-order valence-corrected chi connectivity index (χ0v) is 12.7. The molecule has 23 heavy (non-hydrogen) atoms. The van der Waals surface area contributed by atoms with Crippen LogP contribution in [0.4, 0.5) is 10.1 Å². The molecule has 0 saturated heterocycles. The molecule has 0 aliphatic carbocycles. The van der Waals surface area contributed by atoms with E-state index in [9.17, 15) is 4.39 Å². The topological polar surface area (TPSA) is 51.4 Å².